The zero-order chi connectivity index (χ0) is 10.7. The van der Waals surface area contributed by atoms with Crippen LogP contribution in [0, 0.1) is 12.7 Å². The molecule has 1 aromatic rings. The SMILES string of the molecule is Cc1ccc(F)c(C(O)C(N)CO)c1. The second-order valence-electron chi connectivity index (χ2n) is 3.32. The molecule has 0 amide bonds. The molecule has 3 nitrogen and oxygen atoms in total. The fourth-order valence-corrected chi connectivity index (χ4v) is 1.22. The second kappa shape index (κ2) is 4.50. The highest BCUT2D eigenvalue weighted by molar-refractivity contribution is 5.26. The minimum absolute atomic E-state index is 0.131. The molecule has 0 saturated carbocycles. The maximum absolute atomic E-state index is 13.2. The highest BCUT2D eigenvalue weighted by Gasteiger charge is 2.19. The van der Waals surface area contributed by atoms with Gasteiger partial charge in [-0.3, -0.25) is 0 Å². The van der Waals surface area contributed by atoms with Crippen LogP contribution in [0.4, 0.5) is 4.39 Å². The number of hydrogen-bond donors (Lipinski definition) is 3. The number of aliphatic hydroxyl groups excluding tert-OH is 2. The Balaban J connectivity index is 2.99. The predicted molar refractivity (Wildman–Crippen MR) is 51.2 cm³/mol. The third-order valence-corrected chi connectivity index (χ3v) is 2.09. The van der Waals surface area contributed by atoms with Gasteiger partial charge in [0.2, 0.25) is 0 Å². The quantitative estimate of drug-likeness (QED) is 0.663. The van der Waals surface area contributed by atoms with E-state index in [4.69, 9.17) is 10.8 Å². The molecular formula is C10H14FNO2. The molecule has 1 rings (SSSR count). The highest BCUT2D eigenvalue weighted by Crippen LogP contribution is 2.20. The molecular weight excluding hydrogens is 185 g/mol. The zero-order valence-corrected chi connectivity index (χ0v) is 7.94. The van der Waals surface area contributed by atoms with Crippen molar-refractivity contribution < 1.29 is 14.6 Å². The first-order chi connectivity index (χ1) is 6.56. The van der Waals surface area contributed by atoms with Crippen molar-refractivity contribution in [1.82, 2.24) is 0 Å². The van der Waals surface area contributed by atoms with E-state index in [0.717, 1.165) is 5.56 Å². The van der Waals surface area contributed by atoms with Crippen LogP contribution >= 0.6 is 0 Å². The Hall–Kier alpha value is -0.970. The van der Waals surface area contributed by atoms with Gasteiger partial charge in [0.15, 0.2) is 0 Å². The van der Waals surface area contributed by atoms with Crippen LogP contribution in [0.25, 0.3) is 0 Å². The lowest BCUT2D eigenvalue weighted by atomic mass is 10.0. The Morgan fingerprint density at radius 3 is 2.71 bits per heavy atom. The topological polar surface area (TPSA) is 66.5 Å². The molecule has 0 aliphatic heterocycles. The molecule has 4 N–H and O–H groups in total. The number of aryl methyl sites for hydroxylation is 1. The number of rotatable bonds is 3. The van der Waals surface area contributed by atoms with Crippen molar-refractivity contribution in [2.24, 2.45) is 5.73 Å². The third kappa shape index (κ3) is 2.29. The van der Waals surface area contributed by atoms with Crippen LogP contribution in [-0.4, -0.2) is 22.9 Å². The van der Waals surface area contributed by atoms with Crippen molar-refractivity contribution in [2.75, 3.05) is 6.61 Å². The van der Waals surface area contributed by atoms with Gasteiger partial charge in [-0.05, 0) is 13.0 Å². The maximum Gasteiger partial charge on any atom is 0.129 e. The van der Waals surface area contributed by atoms with E-state index in [0.29, 0.717) is 0 Å². The first-order valence-corrected chi connectivity index (χ1v) is 4.37. The van der Waals surface area contributed by atoms with Crippen LogP contribution in [-0.2, 0) is 0 Å². The largest absolute Gasteiger partial charge is 0.395 e. The summed E-state index contributed by atoms with van der Waals surface area (Å²) in [5.41, 5.74) is 6.37. The molecule has 2 atom stereocenters. The Labute approximate surface area is 82.0 Å². The molecule has 0 aliphatic rings. The summed E-state index contributed by atoms with van der Waals surface area (Å²) < 4.78 is 13.2. The lowest BCUT2D eigenvalue weighted by molar-refractivity contribution is 0.106. The summed E-state index contributed by atoms with van der Waals surface area (Å²) in [6.07, 6.45) is -1.17. The summed E-state index contributed by atoms with van der Waals surface area (Å²) in [6.45, 7) is 1.41. The fraction of sp³-hybridized carbons (Fsp3) is 0.400. The van der Waals surface area contributed by atoms with Crippen LogP contribution in [0.3, 0.4) is 0 Å². The molecule has 0 aromatic heterocycles. The molecule has 14 heavy (non-hydrogen) atoms. The van der Waals surface area contributed by atoms with Gasteiger partial charge < -0.3 is 15.9 Å². The lowest BCUT2D eigenvalue weighted by Crippen LogP contribution is -2.32. The van der Waals surface area contributed by atoms with Crippen molar-refractivity contribution in [2.45, 2.75) is 19.1 Å². The van der Waals surface area contributed by atoms with E-state index in [-0.39, 0.29) is 12.2 Å². The average Bonchev–Trinajstić information content (AvgIpc) is 2.19. The lowest BCUT2D eigenvalue weighted by Gasteiger charge is -2.17. The van der Waals surface area contributed by atoms with Gasteiger partial charge in [0, 0.05) is 5.56 Å². The smallest absolute Gasteiger partial charge is 0.129 e. The standard InChI is InChI=1S/C10H14FNO2/c1-6-2-3-8(11)7(4-6)10(14)9(12)5-13/h2-4,9-10,13-14H,5,12H2,1H3. The van der Waals surface area contributed by atoms with Crippen LogP contribution in [0.2, 0.25) is 0 Å². The third-order valence-electron chi connectivity index (χ3n) is 2.09. The average molecular weight is 199 g/mol. The van der Waals surface area contributed by atoms with Gasteiger partial charge in [0.1, 0.15) is 5.82 Å². The van der Waals surface area contributed by atoms with E-state index >= 15 is 0 Å². The molecule has 0 fully saturated rings. The van der Waals surface area contributed by atoms with Crippen molar-refractivity contribution in [3.63, 3.8) is 0 Å². The van der Waals surface area contributed by atoms with Crippen molar-refractivity contribution in [3.8, 4) is 0 Å². The van der Waals surface area contributed by atoms with Gasteiger partial charge in [-0.15, -0.1) is 0 Å². The van der Waals surface area contributed by atoms with Gasteiger partial charge in [-0.25, -0.2) is 4.39 Å². The first-order valence-electron chi connectivity index (χ1n) is 4.37. The predicted octanol–water partition coefficient (Wildman–Crippen LogP) is 0.487. The minimum Gasteiger partial charge on any atom is -0.395 e. The Kier molecular flexibility index (Phi) is 3.57. The summed E-state index contributed by atoms with van der Waals surface area (Å²) in [5.74, 6) is -0.507. The van der Waals surface area contributed by atoms with Gasteiger partial charge in [0.05, 0.1) is 18.8 Å². The summed E-state index contributed by atoms with van der Waals surface area (Å²) in [6, 6.07) is 3.55. The normalized spacial score (nSPS) is 15.2. The zero-order valence-electron chi connectivity index (χ0n) is 7.94. The van der Waals surface area contributed by atoms with Crippen molar-refractivity contribution in [1.29, 1.82) is 0 Å². The first kappa shape index (κ1) is 11.1. The van der Waals surface area contributed by atoms with Crippen LogP contribution in [0.5, 0.6) is 0 Å². The van der Waals surface area contributed by atoms with E-state index in [1.807, 2.05) is 0 Å². The monoisotopic (exact) mass is 199 g/mol. The van der Waals surface area contributed by atoms with Crippen LogP contribution in [0.1, 0.15) is 17.2 Å². The number of aliphatic hydroxyl groups is 2. The Morgan fingerprint density at radius 2 is 2.14 bits per heavy atom. The van der Waals surface area contributed by atoms with E-state index < -0.39 is 18.0 Å². The highest BCUT2D eigenvalue weighted by atomic mass is 19.1. The second-order valence-corrected chi connectivity index (χ2v) is 3.32. The van der Waals surface area contributed by atoms with Crippen LogP contribution < -0.4 is 5.73 Å². The molecule has 0 spiro atoms. The molecule has 0 aliphatic carbocycles. The number of benzene rings is 1. The van der Waals surface area contributed by atoms with Crippen molar-refractivity contribution in [3.05, 3.63) is 35.1 Å². The van der Waals surface area contributed by atoms with Gasteiger partial charge in [0.25, 0.3) is 0 Å². The van der Waals surface area contributed by atoms with E-state index in [1.54, 1.807) is 13.0 Å². The molecule has 4 heteroatoms. The summed E-state index contributed by atoms with van der Waals surface area (Å²) in [4.78, 5) is 0. The summed E-state index contributed by atoms with van der Waals surface area (Å²) >= 11 is 0. The molecule has 2 unspecified atom stereocenters. The summed E-state index contributed by atoms with van der Waals surface area (Å²) in [7, 11) is 0. The van der Waals surface area contributed by atoms with E-state index in [2.05, 4.69) is 0 Å². The number of halogens is 1. The van der Waals surface area contributed by atoms with Gasteiger partial charge in [-0.1, -0.05) is 17.7 Å². The number of nitrogens with two attached hydrogens (primary N) is 1. The molecule has 0 radical (unpaired) electrons. The van der Waals surface area contributed by atoms with Gasteiger partial charge >= 0.3 is 0 Å². The van der Waals surface area contributed by atoms with Gasteiger partial charge in [-0.2, -0.15) is 0 Å². The molecule has 0 bridgehead atoms. The molecule has 0 saturated heterocycles. The Bertz CT molecular complexity index is 317. The van der Waals surface area contributed by atoms with Crippen LogP contribution in [0.15, 0.2) is 18.2 Å². The fourth-order valence-electron chi connectivity index (χ4n) is 1.22. The van der Waals surface area contributed by atoms with Crippen molar-refractivity contribution >= 4 is 0 Å². The Morgan fingerprint density at radius 1 is 1.50 bits per heavy atom. The maximum atomic E-state index is 13.2. The number of hydrogen-bond acceptors (Lipinski definition) is 3. The van der Waals surface area contributed by atoms with E-state index in [9.17, 15) is 9.50 Å². The van der Waals surface area contributed by atoms with E-state index in [1.165, 1.54) is 12.1 Å². The summed E-state index contributed by atoms with van der Waals surface area (Å²) in [5, 5.41) is 18.3. The molecule has 0 heterocycles. The minimum atomic E-state index is -1.17. The molecule has 1 aromatic carbocycles. The molecule has 78 valence electrons.